The fourth-order valence-corrected chi connectivity index (χ4v) is 2.72. The first kappa shape index (κ1) is 16.3. The summed E-state index contributed by atoms with van der Waals surface area (Å²) in [5, 5.41) is 6.02. The molecule has 1 heterocycles. The molecule has 5 nitrogen and oxygen atoms in total. The molecule has 1 aliphatic rings. The summed E-state index contributed by atoms with van der Waals surface area (Å²) in [6, 6.07) is 17.3. The Morgan fingerprint density at radius 1 is 1.12 bits per heavy atom. The van der Waals surface area contributed by atoms with Crippen LogP contribution in [0.25, 0.3) is 0 Å². The second-order valence-electron chi connectivity index (χ2n) is 5.76. The molecule has 0 bridgehead atoms. The van der Waals surface area contributed by atoms with E-state index in [9.17, 15) is 4.79 Å². The van der Waals surface area contributed by atoms with Gasteiger partial charge in [-0.2, -0.15) is 0 Å². The maximum atomic E-state index is 12.1. The average Bonchev–Trinajstić information content (AvgIpc) is 2.65. The van der Waals surface area contributed by atoms with Crippen LogP contribution in [0, 0.1) is 0 Å². The highest BCUT2D eigenvalue weighted by atomic mass is 16.6. The summed E-state index contributed by atoms with van der Waals surface area (Å²) in [6.45, 7) is 1.01. The molecule has 1 aliphatic heterocycles. The minimum Gasteiger partial charge on any atom is -0.486 e. The highest BCUT2D eigenvalue weighted by molar-refractivity contribution is 5.81. The van der Waals surface area contributed by atoms with Gasteiger partial charge in [0.2, 0.25) is 5.91 Å². The third-order valence-electron chi connectivity index (χ3n) is 4.00. The normalized spacial score (nSPS) is 17.1. The minimum atomic E-state index is -0.307. The first-order valence-electron chi connectivity index (χ1n) is 8.13. The minimum absolute atomic E-state index is 0.0315. The van der Waals surface area contributed by atoms with Crippen LogP contribution in [0.1, 0.15) is 5.56 Å². The number of ether oxygens (including phenoxy) is 2. The van der Waals surface area contributed by atoms with Gasteiger partial charge in [-0.1, -0.05) is 42.5 Å². The van der Waals surface area contributed by atoms with Crippen LogP contribution in [0.3, 0.4) is 0 Å². The number of hydrogen-bond donors (Lipinski definition) is 2. The molecular formula is C19H22N2O3. The van der Waals surface area contributed by atoms with Crippen molar-refractivity contribution in [3.05, 3.63) is 60.2 Å². The summed E-state index contributed by atoms with van der Waals surface area (Å²) in [5.41, 5.74) is 1.12. The van der Waals surface area contributed by atoms with Gasteiger partial charge in [-0.3, -0.25) is 4.79 Å². The van der Waals surface area contributed by atoms with Gasteiger partial charge in [0, 0.05) is 13.6 Å². The van der Waals surface area contributed by atoms with E-state index >= 15 is 0 Å². The predicted molar refractivity (Wildman–Crippen MR) is 92.4 cm³/mol. The summed E-state index contributed by atoms with van der Waals surface area (Å²) >= 11 is 0. The summed E-state index contributed by atoms with van der Waals surface area (Å²) in [6.07, 6.45) is 0.507. The fourth-order valence-electron chi connectivity index (χ4n) is 2.72. The lowest BCUT2D eigenvalue weighted by molar-refractivity contribution is -0.122. The standard InChI is InChI=1S/C19H22N2O3/c1-20-19(22)16(11-14-7-3-2-4-8-14)21-12-15-13-23-17-9-5-6-10-18(17)24-15/h2-10,15-16,21H,11-13H2,1H3,(H,20,22)/t15-,16-/m1/s1. The van der Waals surface area contributed by atoms with E-state index in [1.165, 1.54) is 0 Å². The number of rotatable bonds is 6. The molecule has 0 aliphatic carbocycles. The Balaban J connectivity index is 1.59. The lowest BCUT2D eigenvalue weighted by Gasteiger charge is -2.28. The summed E-state index contributed by atoms with van der Waals surface area (Å²) in [7, 11) is 1.65. The SMILES string of the molecule is CNC(=O)[C@@H](Cc1ccccc1)NC[C@@H]1COc2ccccc2O1. The topological polar surface area (TPSA) is 59.6 Å². The van der Waals surface area contributed by atoms with Crippen LogP contribution < -0.4 is 20.1 Å². The number of nitrogens with one attached hydrogen (secondary N) is 2. The van der Waals surface area contributed by atoms with E-state index in [1.807, 2.05) is 54.6 Å². The first-order valence-corrected chi connectivity index (χ1v) is 8.13. The molecule has 0 radical (unpaired) electrons. The Morgan fingerprint density at radius 3 is 2.58 bits per heavy atom. The Labute approximate surface area is 142 Å². The van der Waals surface area contributed by atoms with E-state index in [2.05, 4.69) is 10.6 Å². The summed E-state index contributed by atoms with van der Waals surface area (Å²) < 4.78 is 11.6. The van der Waals surface area contributed by atoms with Gasteiger partial charge >= 0.3 is 0 Å². The number of fused-ring (bicyclic) bond motifs is 1. The molecule has 0 fully saturated rings. The van der Waals surface area contributed by atoms with E-state index in [4.69, 9.17) is 9.47 Å². The third-order valence-corrected chi connectivity index (χ3v) is 4.00. The average molecular weight is 326 g/mol. The third kappa shape index (κ3) is 4.06. The van der Waals surface area contributed by atoms with Gasteiger partial charge in [0.1, 0.15) is 12.7 Å². The molecule has 0 unspecified atom stereocenters. The Kier molecular flexibility index (Phi) is 5.33. The first-order chi connectivity index (χ1) is 11.8. The highest BCUT2D eigenvalue weighted by Gasteiger charge is 2.23. The molecule has 0 spiro atoms. The van der Waals surface area contributed by atoms with Crippen LogP contribution in [-0.2, 0) is 11.2 Å². The van der Waals surface area contributed by atoms with E-state index in [0.29, 0.717) is 19.6 Å². The maximum absolute atomic E-state index is 12.1. The molecule has 126 valence electrons. The molecule has 2 aromatic carbocycles. The lowest BCUT2D eigenvalue weighted by atomic mass is 10.1. The molecule has 2 atom stereocenters. The van der Waals surface area contributed by atoms with Gasteiger partial charge in [0.15, 0.2) is 11.5 Å². The van der Waals surface area contributed by atoms with Crippen molar-refractivity contribution in [3.63, 3.8) is 0 Å². The molecule has 5 heteroatoms. The lowest BCUT2D eigenvalue weighted by Crippen LogP contribution is -2.49. The van der Waals surface area contributed by atoms with Gasteiger partial charge in [0.05, 0.1) is 6.04 Å². The molecule has 2 aromatic rings. The van der Waals surface area contributed by atoms with E-state index in [-0.39, 0.29) is 18.1 Å². The van der Waals surface area contributed by atoms with E-state index in [0.717, 1.165) is 17.1 Å². The van der Waals surface area contributed by atoms with Gasteiger partial charge in [0.25, 0.3) is 0 Å². The van der Waals surface area contributed by atoms with Gasteiger partial charge in [-0.25, -0.2) is 0 Å². The van der Waals surface area contributed by atoms with Crippen molar-refractivity contribution in [1.29, 1.82) is 0 Å². The zero-order chi connectivity index (χ0) is 16.8. The van der Waals surface area contributed by atoms with Crippen LogP contribution in [0.15, 0.2) is 54.6 Å². The Hall–Kier alpha value is -2.53. The molecule has 24 heavy (non-hydrogen) atoms. The Bertz CT molecular complexity index is 675. The van der Waals surface area contributed by atoms with Crippen LogP contribution in [-0.4, -0.2) is 38.3 Å². The summed E-state index contributed by atoms with van der Waals surface area (Å²) in [4.78, 5) is 12.1. The quantitative estimate of drug-likeness (QED) is 0.849. The van der Waals surface area contributed by atoms with E-state index in [1.54, 1.807) is 7.05 Å². The van der Waals surface area contributed by atoms with Crippen molar-refractivity contribution in [1.82, 2.24) is 10.6 Å². The van der Waals surface area contributed by atoms with Crippen LogP contribution in [0.4, 0.5) is 0 Å². The molecule has 3 rings (SSSR count). The number of carbonyl (C=O) groups excluding carboxylic acids is 1. The molecule has 0 saturated carbocycles. The molecule has 2 N–H and O–H groups in total. The second kappa shape index (κ2) is 7.84. The van der Waals surface area contributed by atoms with Crippen LogP contribution >= 0.6 is 0 Å². The molecule has 0 saturated heterocycles. The van der Waals surface area contributed by atoms with Crippen molar-refractivity contribution >= 4 is 5.91 Å². The van der Waals surface area contributed by atoms with Gasteiger partial charge in [-0.15, -0.1) is 0 Å². The van der Waals surface area contributed by atoms with Gasteiger partial charge < -0.3 is 20.1 Å². The molecule has 0 aromatic heterocycles. The van der Waals surface area contributed by atoms with Gasteiger partial charge in [-0.05, 0) is 24.1 Å². The van der Waals surface area contributed by atoms with Crippen molar-refractivity contribution in [2.75, 3.05) is 20.2 Å². The van der Waals surface area contributed by atoms with Crippen LogP contribution in [0.2, 0.25) is 0 Å². The number of amides is 1. The zero-order valence-corrected chi connectivity index (χ0v) is 13.7. The summed E-state index contributed by atoms with van der Waals surface area (Å²) in [5.74, 6) is 1.48. The number of benzene rings is 2. The van der Waals surface area contributed by atoms with Crippen molar-refractivity contribution in [2.45, 2.75) is 18.6 Å². The van der Waals surface area contributed by atoms with Crippen LogP contribution in [0.5, 0.6) is 11.5 Å². The number of hydrogen-bond acceptors (Lipinski definition) is 4. The maximum Gasteiger partial charge on any atom is 0.237 e. The van der Waals surface area contributed by atoms with Crippen molar-refractivity contribution in [2.24, 2.45) is 0 Å². The smallest absolute Gasteiger partial charge is 0.237 e. The highest BCUT2D eigenvalue weighted by Crippen LogP contribution is 2.30. The fraction of sp³-hybridized carbons (Fsp3) is 0.316. The number of carbonyl (C=O) groups is 1. The molecule has 1 amide bonds. The monoisotopic (exact) mass is 326 g/mol. The van der Waals surface area contributed by atoms with Crippen molar-refractivity contribution < 1.29 is 14.3 Å². The second-order valence-corrected chi connectivity index (χ2v) is 5.76. The zero-order valence-electron chi connectivity index (χ0n) is 13.7. The predicted octanol–water partition coefficient (Wildman–Crippen LogP) is 1.77. The van der Waals surface area contributed by atoms with E-state index < -0.39 is 0 Å². The number of likely N-dealkylation sites (N-methyl/N-ethyl adjacent to an activating group) is 1. The van der Waals surface area contributed by atoms with Crippen molar-refractivity contribution in [3.8, 4) is 11.5 Å². The Morgan fingerprint density at radius 2 is 1.83 bits per heavy atom. The molecular weight excluding hydrogens is 304 g/mol. The number of para-hydroxylation sites is 2. The largest absolute Gasteiger partial charge is 0.486 e.